The molecule has 2 N–H and O–H groups in total. The van der Waals surface area contributed by atoms with Gasteiger partial charge in [-0.15, -0.1) is 0 Å². The lowest BCUT2D eigenvalue weighted by Crippen LogP contribution is -2.29. The van der Waals surface area contributed by atoms with Crippen molar-refractivity contribution in [3.63, 3.8) is 0 Å². The van der Waals surface area contributed by atoms with Gasteiger partial charge in [-0.1, -0.05) is 0 Å². The van der Waals surface area contributed by atoms with Crippen LogP contribution in [0.15, 0.2) is 53.5 Å². The van der Waals surface area contributed by atoms with Crippen LogP contribution in [0.4, 0.5) is 5.69 Å². The Bertz CT molecular complexity index is 888. The Morgan fingerprint density at radius 2 is 1.64 bits per heavy atom. The van der Waals surface area contributed by atoms with Gasteiger partial charge in [-0.25, -0.2) is 0 Å². The van der Waals surface area contributed by atoms with E-state index < -0.39 is 12.5 Å². The number of isothiocyanates is 1. The van der Waals surface area contributed by atoms with Crippen molar-refractivity contribution < 1.29 is 24.2 Å². The molecule has 0 aliphatic heterocycles. The van der Waals surface area contributed by atoms with Gasteiger partial charge in [0.05, 0.1) is 17.5 Å². The van der Waals surface area contributed by atoms with Gasteiger partial charge in [0.2, 0.25) is 5.91 Å². The van der Waals surface area contributed by atoms with Crippen LogP contribution in [0.1, 0.15) is 28.8 Å². The molecule has 28 heavy (non-hydrogen) atoms. The standard InChI is InChI=1S/C20H18N2O5S/c23-18(21-12-19(24)25)2-1-11-27-17-9-5-15(6-10-17)20(26)14-3-7-16(8-4-14)22-13-28/h3-10H,1-2,11-12H2,(H,21,23)(H,24,25). The van der Waals surface area contributed by atoms with Crippen LogP contribution in [-0.4, -0.2) is 41.1 Å². The lowest BCUT2D eigenvalue weighted by molar-refractivity contribution is -0.137. The number of rotatable bonds is 10. The Morgan fingerprint density at radius 1 is 1.04 bits per heavy atom. The summed E-state index contributed by atoms with van der Waals surface area (Å²) in [5, 5.41) is 13.0. The molecule has 7 nitrogen and oxygen atoms in total. The topological polar surface area (TPSA) is 105 Å². The quantitative estimate of drug-likeness (QED) is 0.276. The maximum atomic E-state index is 12.5. The minimum atomic E-state index is -1.08. The molecule has 0 aliphatic rings. The fourth-order valence-corrected chi connectivity index (χ4v) is 2.40. The zero-order chi connectivity index (χ0) is 20.4. The number of amides is 1. The number of aliphatic carboxylic acids is 1. The molecule has 8 heteroatoms. The minimum Gasteiger partial charge on any atom is -0.494 e. The van der Waals surface area contributed by atoms with E-state index in [0.29, 0.717) is 35.6 Å². The normalized spacial score (nSPS) is 9.86. The van der Waals surface area contributed by atoms with Gasteiger partial charge in [0.15, 0.2) is 5.78 Å². The molecule has 0 saturated carbocycles. The highest BCUT2D eigenvalue weighted by atomic mass is 32.1. The van der Waals surface area contributed by atoms with Crippen LogP contribution >= 0.6 is 12.2 Å². The lowest BCUT2D eigenvalue weighted by Gasteiger charge is -2.07. The van der Waals surface area contributed by atoms with Gasteiger partial charge in [-0.05, 0) is 67.2 Å². The summed E-state index contributed by atoms with van der Waals surface area (Å²) in [7, 11) is 0. The van der Waals surface area contributed by atoms with Gasteiger partial charge in [0, 0.05) is 17.5 Å². The maximum Gasteiger partial charge on any atom is 0.322 e. The zero-order valence-electron chi connectivity index (χ0n) is 14.9. The number of thiocarbonyl (C=S) groups is 1. The second kappa shape index (κ2) is 10.7. The van der Waals surface area contributed by atoms with Crippen molar-refractivity contribution in [2.45, 2.75) is 12.8 Å². The first-order chi connectivity index (χ1) is 13.5. The predicted molar refractivity (Wildman–Crippen MR) is 106 cm³/mol. The third-order valence-electron chi connectivity index (χ3n) is 3.67. The molecule has 1 amide bonds. The van der Waals surface area contributed by atoms with E-state index in [9.17, 15) is 14.4 Å². The molecule has 0 heterocycles. The summed E-state index contributed by atoms with van der Waals surface area (Å²) in [5.74, 6) is -0.972. The molecule has 0 atom stereocenters. The van der Waals surface area contributed by atoms with Crippen molar-refractivity contribution in [2.24, 2.45) is 4.99 Å². The van der Waals surface area contributed by atoms with Crippen LogP contribution in [0.5, 0.6) is 5.75 Å². The van der Waals surface area contributed by atoms with Crippen LogP contribution in [0.2, 0.25) is 0 Å². The Morgan fingerprint density at radius 3 is 2.21 bits per heavy atom. The molecule has 0 radical (unpaired) electrons. The molecule has 0 fully saturated rings. The van der Waals surface area contributed by atoms with Crippen molar-refractivity contribution in [3.8, 4) is 5.75 Å². The van der Waals surface area contributed by atoms with E-state index in [-0.39, 0.29) is 18.1 Å². The number of hydrogen-bond donors (Lipinski definition) is 2. The van der Waals surface area contributed by atoms with E-state index in [2.05, 4.69) is 27.7 Å². The molecule has 2 aromatic rings. The first-order valence-electron chi connectivity index (χ1n) is 8.43. The van der Waals surface area contributed by atoms with E-state index in [1.54, 1.807) is 48.5 Å². The van der Waals surface area contributed by atoms with Gasteiger partial charge < -0.3 is 15.2 Å². The van der Waals surface area contributed by atoms with Gasteiger partial charge in [0.25, 0.3) is 0 Å². The highest BCUT2D eigenvalue weighted by molar-refractivity contribution is 7.78. The van der Waals surface area contributed by atoms with Crippen molar-refractivity contribution in [1.29, 1.82) is 0 Å². The summed E-state index contributed by atoms with van der Waals surface area (Å²) in [6, 6.07) is 13.4. The number of nitrogens with zero attached hydrogens (tertiary/aromatic N) is 1. The molecule has 2 aromatic carbocycles. The molecule has 0 aliphatic carbocycles. The van der Waals surface area contributed by atoms with Crippen LogP contribution < -0.4 is 10.1 Å². The Kier molecular flexibility index (Phi) is 8.02. The number of carboxylic acids is 1. The summed E-state index contributed by atoms with van der Waals surface area (Å²) < 4.78 is 5.53. The fourth-order valence-electron chi connectivity index (χ4n) is 2.29. The molecule has 0 spiro atoms. The Hall–Kier alpha value is -3.35. The van der Waals surface area contributed by atoms with Gasteiger partial charge >= 0.3 is 5.97 Å². The number of carbonyl (C=O) groups is 3. The summed E-state index contributed by atoms with van der Waals surface area (Å²) >= 11 is 4.54. The van der Waals surface area contributed by atoms with E-state index in [1.165, 1.54) is 0 Å². The van der Waals surface area contributed by atoms with E-state index >= 15 is 0 Å². The molecule has 0 bridgehead atoms. The Labute approximate surface area is 167 Å². The monoisotopic (exact) mass is 398 g/mol. The molecular formula is C20H18N2O5S. The summed E-state index contributed by atoms with van der Waals surface area (Å²) in [4.78, 5) is 38.1. The number of aliphatic imine (C=N–C) groups is 1. The summed E-state index contributed by atoms with van der Waals surface area (Å²) in [6.45, 7) is -0.0901. The average Bonchev–Trinajstić information content (AvgIpc) is 2.70. The predicted octanol–water partition coefficient (Wildman–Crippen LogP) is 3.01. The lowest BCUT2D eigenvalue weighted by atomic mass is 10.0. The number of nitrogens with one attached hydrogen (secondary N) is 1. The van der Waals surface area contributed by atoms with Gasteiger partial charge in [-0.2, -0.15) is 4.99 Å². The first kappa shape index (κ1) is 21.0. The zero-order valence-corrected chi connectivity index (χ0v) is 15.7. The third-order valence-corrected chi connectivity index (χ3v) is 3.77. The molecule has 2 rings (SSSR count). The smallest absolute Gasteiger partial charge is 0.322 e. The number of ketones is 1. The molecule has 144 valence electrons. The van der Waals surface area contributed by atoms with Gasteiger partial charge in [-0.3, -0.25) is 14.4 Å². The average molecular weight is 398 g/mol. The molecule has 0 saturated heterocycles. The highest BCUT2D eigenvalue weighted by Crippen LogP contribution is 2.18. The van der Waals surface area contributed by atoms with Crippen LogP contribution in [0, 0.1) is 0 Å². The van der Waals surface area contributed by atoms with Crippen LogP contribution in [0.3, 0.4) is 0 Å². The number of carbonyl (C=O) groups excluding carboxylic acids is 2. The Balaban J connectivity index is 1.82. The SMILES string of the molecule is O=C(O)CNC(=O)CCCOc1ccc(C(=O)c2ccc(N=C=S)cc2)cc1. The number of carboxylic acid groups (broad SMARTS) is 1. The third kappa shape index (κ3) is 6.75. The van der Waals surface area contributed by atoms with E-state index in [1.807, 2.05) is 0 Å². The number of benzene rings is 2. The maximum absolute atomic E-state index is 12.5. The van der Waals surface area contributed by atoms with Crippen molar-refractivity contribution in [1.82, 2.24) is 5.32 Å². The second-order valence-electron chi connectivity index (χ2n) is 5.73. The van der Waals surface area contributed by atoms with E-state index in [4.69, 9.17) is 9.84 Å². The molecular weight excluding hydrogens is 380 g/mol. The second-order valence-corrected chi connectivity index (χ2v) is 5.91. The van der Waals surface area contributed by atoms with Gasteiger partial charge in [0.1, 0.15) is 12.3 Å². The number of hydrogen-bond acceptors (Lipinski definition) is 6. The molecule has 0 aromatic heterocycles. The fraction of sp³-hybridized carbons (Fsp3) is 0.200. The largest absolute Gasteiger partial charge is 0.494 e. The number of ether oxygens (including phenoxy) is 1. The highest BCUT2D eigenvalue weighted by Gasteiger charge is 2.09. The van der Waals surface area contributed by atoms with Crippen LogP contribution in [0.25, 0.3) is 0 Å². The molecule has 0 unspecified atom stereocenters. The first-order valence-corrected chi connectivity index (χ1v) is 8.84. The van der Waals surface area contributed by atoms with E-state index in [0.717, 1.165) is 0 Å². The van der Waals surface area contributed by atoms with Crippen molar-refractivity contribution in [2.75, 3.05) is 13.2 Å². The minimum absolute atomic E-state index is 0.125. The van der Waals surface area contributed by atoms with Crippen molar-refractivity contribution >= 4 is 40.7 Å². The summed E-state index contributed by atoms with van der Waals surface area (Å²) in [6.07, 6.45) is 0.621. The summed E-state index contributed by atoms with van der Waals surface area (Å²) in [5.41, 5.74) is 1.68. The van der Waals surface area contributed by atoms with Crippen molar-refractivity contribution in [3.05, 3.63) is 59.7 Å². The van der Waals surface area contributed by atoms with Crippen LogP contribution in [-0.2, 0) is 9.59 Å².